The SMILES string of the molecule is C/C=C/CF.C/C=C/F. The Kier molecular flexibility index (Phi) is 19.5. The maximum absolute atomic E-state index is 10.9. The van der Waals surface area contributed by atoms with Gasteiger partial charge in [-0.05, 0) is 13.8 Å². The van der Waals surface area contributed by atoms with Crippen molar-refractivity contribution in [1.82, 2.24) is 0 Å². The Morgan fingerprint density at radius 2 is 1.67 bits per heavy atom. The molecule has 0 aromatic rings. The first-order valence-corrected chi connectivity index (χ1v) is 2.72. The van der Waals surface area contributed by atoms with Gasteiger partial charge in [0.15, 0.2) is 0 Å². The molecule has 0 fully saturated rings. The minimum atomic E-state index is -0.337. The van der Waals surface area contributed by atoms with Gasteiger partial charge in [-0.2, -0.15) is 0 Å². The third-order valence-corrected chi connectivity index (χ3v) is 0.451. The standard InChI is InChI=1S/C4H7F.C3H5F/c1-2-3-4-5;1-2-3-4/h2-3H,4H2,1H3;2-3H,1H3/b2*3-2+. The van der Waals surface area contributed by atoms with Gasteiger partial charge in [-0.15, -0.1) is 0 Å². The lowest BCUT2D eigenvalue weighted by molar-refractivity contribution is 0.561. The van der Waals surface area contributed by atoms with E-state index >= 15 is 0 Å². The van der Waals surface area contributed by atoms with Crippen LogP contribution in [0.1, 0.15) is 13.8 Å². The van der Waals surface area contributed by atoms with Gasteiger partial charge in [0, 0.05) is 0 Å². The third kappa shape index (κ3) is 38.2. The van der Waals surface area contributed by atoms with Crippen molar-refractivity contribution < 1.29 is 8.78 Å². The van der Waals surface area contributed by atoms with E-state index in [2.05, 4.69) is 0 Å². The quantitative estimate of drug-likeness (QED) is 0.483. The van der Waals surface area contributed by atoms with E-state index < -0.39 is 0 Å². The molecule has 2 heteroatoms. The molecule has 0 N–H and O–H groups in total. The van der Waals surface area contributed by atoms with Crippen LogP contribution in [0.4, 0.5) is 8.78 Å². The lowest BCUT2D eigenvalue weighted by atomic mass is 10.6. The van der Waals surface area contributed by atoms with E-state index in [1.165, 1.54) is 12.2 Å². The zero-order chi connectivity index (χ0) is 7.54. The molecule has 0 radical (unpaired) electrons. The van der Waals surface area contributed by atoms with E-state index in [9.17, 15) is 8.78 Å². The van der Waals surface area contributed by atoms with Crippen molar-refractivity contribution >= 4 is 0 Å². The lowest BCUT2D eigenvalue weighted by Crippen LogP contribution is -1.53. The van der Waals surface area contributed by atoms with E-state index in [1.807, 2.05) is 0 Å². The first-order valence-electron chi connectivity index (χ1n) is 2.72. The highest BCUT2D eigenvalue weighted by molar-refractivity contribution is 4.74. The van der Waals surface area contributed by atoms with Crippen LogP contribution in [0.5, 0.6) is 0 Å². The summed E-state index contributed by atoms with van der Waals surface area (Å²) in [5.74, 6) is 0. The molecule has 0 heterocycles. The Morgan fingerprint density at radius 3 is 1.67 bits per heavy atom. The van der Waals surface area contributed by atoms with Crippen LogP contribution in [-0.4, -0.2) is 6.67 Å². The number of hydrogen-bond donors (Lipinski definition) is 0. The Morgan fingerprint density at radius 1 is 1.22 bits per heavy atom. The number of halogens is 2. The number of allylic oxidation sites excluding steroid dienone is 3. The molecule has 54 valence electrons. The van der Waals surface area contributed by atoms with Crippen molar-refractivity contribution in [1.29, 1.82) is 0 Å². The summed E-state index contributed by atoms with van der Waals surface area (Å²) in [6.45, 7) is 3.08. The van der Waals surface area contributed by atoms with Crippen molar-refractivity contribution in [2.75, 3.05) is 6.67 Å². The Labute approximate surface area is 54.9 Å². The molecule has 0 aliphatic carbocycles. The molecular weight excluding hydrogens is 122 g/mol. The first kappa shape index (κ1) is 11.2. The van der Waals surface area contributed by atoms with Gasteiger partial charge in [0.1, 0.15) is 6.67 Å². The van der Waals surface area contributed by atoms with Crippen molar-refractivity contribution in [3.8, 4) is 0 Å². The molecule has 0 unspecified atom stereocenters. The molecule has 0 saturated carbocycles. The Hall–Kier alpha value is -0.660. The lowest BCUT2D eigenvalue weighted by Gasteiger charge is -1.62. The zero-order valence-corrected chi connectivity index (χ0v) is 5.77. The second-order valence-corrected chi connectivity index (χ2v) is 1.18. The van der Waals surface area contributed by atoms with Crippen LogP contribution >= 0.6 is 0 Å². The van der Waals surface area contributed by atoms with Gasteiger partial charge in [0.05, 0.1) is 6.33 Å². The minimum Gasteiger partial charge on any atom is -0.247 e. The van der Waals surface area contributed by atoms with Crippen LogP contribution in [-0.2, 0) is 0 Å². The average molecular weight is 134 g/mol. The summed E-state index contributed by atoms with van der Waals surface area (Å²) in [5, 5.41) is 0. The van der Waals surface area contributed by atoms with Crippen LogP contribution in [0, 0.1) is 0 Å². The fraction of sp³-hybridized carbons (Fsp3) is 0.429. The molecule has 0 rings (SSSR count). The molecule has 0 aromatic carbocycles. The highest BCUT2D eigenvalue weighted by Gasteiger charge is 1.56. The number of hydrogen-bond acceptors (Lipinski definition) is 0. The van der Waals surface area contributed by atoms with Crippen LogP contribution in [0.3, 0.4) is 0 Å². The molecule has 0 aliphatic heterocycles. The highest BCUT2D eigenvalue weighted by Crippen LogP contribution is 1.67. The van der Waals surface area contributed by atoms with Gasteiger partial charge in [0.25, 0.3) is 0 Å². The summed E-state index contributed by atoms with van der Waals surface area (Å²) in [6.07, 6.45) is 4.97. The van der Waals surface area contributed by atoms with E-state index in [4.69, 9.17) is 0 Å². The predicted octanol–water partition coefficient (Wildman–Crippen LogP) is 3.02. The van der Waals surface area contributed by atoms with Crippen LogP contribution < -0.4 is 0 Å². The van der Waals surface area contributed by atoms with Crippen LogP contribution in [0.15, 0.2) is 24.6 Å². The van der Waals surface area contributed by atoms with E-state index in [-0.39, 0.29) is 6.67 Å². The van der Waals surface area contributed by atoms with Gasteiger partial charge in [-0.3, -0.25) is 0 Å². The van der Waals surface area contributed by atoms with Crippen molar-refractivity contribution in [2.24, 2.45) is 0 Å². The summed E-state index contributed by atoms with van der Waals surface area (Å²) in [7, 11) is 0. The predicted molar refractivity (Wildman–Crippen MR) is 36.7 cm³/mol. The third-order valence-electron chi connectivity index (χ3n) is 0.451. The molecule has 0 nitrogen and oxygen atoms in total. The topological polar surface area (TPSA) is 0 Å². The summed E-state index contributed by atoms with van der Waals surface area (Å²) < 4.78 is 21.4. The molecule has 0 bridgehead atoms. The molecule has 9 heavy (non-hydrogen) atoms. The number of alkyl halides is 1. The van der Waals surface area contributed by atoms with Gasteiger partial charge < -0.3 is 0 Å². The van der Waals surface area contributed by atoms with Gasteiger partial charge in [-0.1, -0.05) is 18.2 Å². The second-order valence-electron chi connectivity index (χ2n) is 1.18. The van der Waals surface area contributed by atoms with Gasteiger partial charge in [-0.25, -0.2) is 8.78 Å². The number of rotatable bonds is 1. The molecular formula is C7H12F2. The smallest absolute Gasteiger partial charge is 0.108 e. The zero-order valence-electron chi connectivity index (χ0n) is 5.77. The van der Waals surface area contributed by atoms with Crippen LogP contribution in [0.2, 0.25) is 0 Å². The highest BCUT2D eigenvalue weighted by atomic mass is 19.1. The maximum Gasteiger partial charge on any atom is 0.108 e. The molecule has 0 amide bonds. The van der Waals surface area contributed by atoms with E-state index in [0.29, 0.717) is 6.33 Å². The van der Waals surface area contributed by atoms with Crippen molar-refractivity contribution in [2.45, 2.75) is 13.8 Å². The fourth-order valence-corrected chi connectivity index (χ4v) is 0.0891. The van der Waals surface area contributed by atoms with Crippen molar-refractivity contribution in [3.05, 3.63) is 24.6 Å². The fourth-order valence-electron chi connectivity index (χ4n) is 0.0891. The normalized spacial score (nSPS) is 9.78. The van der Waals surface area contributed by atoms with Gasteiger partial charge in [0.2, 0.25) is 0 Å². The molecule has 0 atom stereocenters. The van der Waals surface area contributed by atoms with Crippen molar-refractivity contribution in [3.63, 3.8) is 0 Å². The van der Waals surface area contributed by atoms with E-state index in [0.717, 1.165) is 0 Å². The molecule has 0 aromatic heterocycles. The second kappa shape index (κ2) is 15.7. The maximum atomic E-state index is 10.9. The first-order chi connectivity index (χ1) is 4.33. The summed E-state index contributed by atoms with van der Waals surface area (Å²) in [5.41, 5.74) is 0. The van der Waals surface area contributed by atoms with E-state index in [1.54, 1.807) is 19.9 Å². The summed E-state index contributed by atoms with van der Waals surface area (Å²) in [6, 6.07) is 0. The van der Waals surface area contributed by atoms with Crippen LogP contribution in [0.25, 0.3) is 0 Å². The minimum absolute atomic E-state index is 0.337. The summed E-state index contributed by atoms with van der Waals surface area (Å²) in [4.78, 5) is 0. The monoisotopic (exact) mass is 134 g/mol. The Bertz CT molecular complexity index is 71.0. The van der Waals surface area contributed by atoms with Gasteiger partial charge >= 0.3 is 0 Å². The molecule has 0 saturated heterocycles. The summed E-state index contributed by atoms with van der Waals surface area (Å²) >= 11 is 0. The molecule has 0 spiro atoms. The Balaban J connectivity index is 0. The average Bonchev–Trinajstić information content (AvgIpc) is 1.91. The molecule has 0 aliphatic rings. The largest absolute Gasteiger partial charge is 0.247 e.